The molecule has 2 aromatic carbocycles. The SMILES string of the molecule is C[C@H]1Cc2ccccc2N1C(=O)C1(c2ccccc2)CCOCC1. The summed E-state index contributed by atoms with van der Waals surface area (Å²) in [5.41, 5.74) is 3.01. The van der Waals surface area contributed by atoms with Gasteiger partial charge in [0.15, 0.2) is 0 Å². The highest BCUT2D eigenvalue weighted by atomic mass is 16.5. The van der Waals surface area contributed by atoms with Crippen LogP contribution >= 0.6 is 0 Å². The Kier molecular flexibility index (Phi) is 3.89. The Morgan fingerprint density at radius 3 is 2.46 bits per heavy atom. The number of carbonyl (C=O) groups excluding carboxylic acids is 1. The molecule has 1 saturated heterocycles. The van der Waals surface area contributed by atoms with E-state index in [2.05, 4.69) is 37.3 Å². The fourth-order valence-corrected chi connectivity index (χ4v) is 4.21. The van der Waals surface area contributed by atoms with Crippen LogP contribution in [0, 0.1) is 0 Å². The Bertz CT molecular complexity index is 735. The van der Waals surface area contributed by atoms with E-state index in [1.165, 1.54) is 5.56 Å². The summed E-state index contributed by atoms with van der Waals surface area (Å²) in [6.45, 7) is 3.44. The second-order valence-corrected chi connectivity index (χ2v) is 6.92. The van der Waals surface area contributed by atoms with Gasteiger partial charge in [0.1, 0.15) is 0 Å². The molecule has 2 aromatic rings. The van der Waals surface area contributed by atoms with E-state index in [0.29, 0.717) is 13.2 Å². The number of rotatable bonds is 2. The number of ether oxygens (including phenoxy) is 1. The van der Waals surface area contributed by atoms with Crippen LogP contribution in [0.2, 0.25) is 0 Å². The summed E-state index contributed by atoms with van der Waals surface area (Å²) in [5.74, 6) is 0.231. The molecule has 2 aliphatic heterocycles. The summed E-state index contributed by atoms with van der Waals surface area (Å²) < 4.78 is 5.58. The van der Waals surface area contributed by atoms with Gasteiger partial charge in [-0.25, -0.2) is 0 Å². The molecule has 1 atom stereocenters. The monoisotopic (exact) mass is 321 g/mol. The Morgan fingerprint density at radius 2 is 1.71 bits per heavy atom. The molecule has 24 heavy (non-hydrogen) atoms. The first kappa shape index (κ1) is 15.4. The van der Waals surface area contributed by atoms with Gasteiger partial charge in [-0.3, -0.25) is 4.79 Å². The van der Waals surface area contributed by atoms with Crippen LogP contribution in [0.1, 0.15) is 30.9 Å². The van der Waals surface area contributed by atoms with E-state index in [1.807, 2.05) is 29.2 Å². The van der Waals surface area contributed by atoms with Crippen LogP contribution in [0.4, 0.5) is 5.69 Å². The molecule has 0 bridgehead atoms. The van der Waals surface area contributed by atoms with Crippen molar-refractivity contribution in [1.29, 1.82) is 0 Å². The quantitative estimate of drug-likeness (QED) is 0.844. The summed E-state index contributed by atoms with van der Waals surface area (Å²) in [5, 5.41) is 0. The lowest BCUT2D eigenvalue weighted by molar-refractivity contribution is -0.128. The molecule has 124 valence electrons. The first-order valence-corrected chi connectivity index (χ1v) is 8.77. The molecule has 3 heteroatoms. The number of para-hydroxylation sites is 1. The third-order valence-electron chi connectivity index (χ3n) is 5.51. The molecule has 0 unspecified atom stereocenters. The minimum Gasteiger partial charge on any atom is -0.381 e. The maximum Gasteiger partial charge on any atom is 0.238 e. The topological polar surface area (TPSA) is 29.5 Å². The van der Waals surface area contributed by atoms with Crippen molar-refractivity contribution in [2.75, 3.05) is 18.1 Å². The fourth-order valence-electron chi connectivity index (χ4n) is 4.21. The van der Waals surface area contributed by atoms with E-state index < -0.39 is 5.41 Å². The average Bonchev–Trinajstić information content (AvgIpc) is 2.98. The van der Waals surface area contributed by atoms with E-state index in [-0.39, 0.29) is 11.9 Å². The Morgan fingerprint density at radius 1 is 1.04 bits per heavy atom. The number of carbonyl (C=O) groups is 1. The van der Waals surface area contributed by atoms with Gasteiger partial charge in [0.25, 0.3) is 0 Å². The highest BCUT2D eigenvalue weighted by molar-refractivity contribution is 6.03. The molecule has 2 heterocycles. The molecule has 0 saturated carbocycles. The molecule has 4 rings (SSSR count). The second kappa shape index (κ2) is 6.06. The highest BCUT2D eigenvalue weighted by Crippen LogP contribution is 2.41. The van der Waals surface area contributed by atoms with E-state index in [0.717, 1.165) is 30.5 Å². The van der Waals surface area contributed by atoms with Gasteiger partial charge in [0.05, 0.1) is 5.41 Å². The van der Waals surface area contributed by atoms with Crippen LogP contribution in [0.15, 0.2) is 54.6 Å². The van der Waals surface area contributed by atoms with Crippen molar-refractivity contribution in [3.63, 3.8) is 0 Å². The lowest BCUT2D eigenvalue weighted by atomic mass is 9.73. The minimum absolute atomic E-state index is 0.207. The summed E-state index contributed by atoms with van der Waals surface area (Å²) in [6, 6.07) is 18.8. The van der Waals surface area contributed by atoms with Crippen molar-refractivity contribution in [2.24, 2.45) is 0 Å². The van der Waals surface area contributed by atoms with Gasteiger partial charge >= 0.3 is 0 Å². The van der Waals surface area contributed by atoms with E-state index in [1.54, 1.807) is 0 Å². The molecule has 1 fully saturated rings. The second-order valence-electron chi connectivity index (χ2n) is 6.92. The van der Waals surface area contributed by atoms with E-state index in [4.69, 9.17) is 4.74 Å². The zero-order valence-corrected chi connectivity index (χ0v) is 14.1. The Labute approximate surface area is 143 Å². The summed E-state index contributed by atoms with van der Waals surface area (Å²) in [6.07, 6.45) is 2.44. The predicted octanol–water partition coefficient (Wildman–Crippen LogP) is 3.71. The number of hydrogen-bond donors (Lipinski definition) is 0. The average molecular weight is 321 g/mol. The molecular formula is C21H23NO2. The van der Waals surface area contributed by atoms with Gasteiger partial charge in [-0.1, -0.05) is 48.5 Å². The van der Waals surface area contributed by atoms with Gasteiger partial charge in [-0.2, -0.15) is 0 Å². The Hall–Kier alpha value is -2.13. The molecule has 0 N–H and O–H groups in total. The van der Waals surface area contributed by atoms with Gasteiger partial charge in [0, 0.05) is 24.9 Å². The van der Waals surface area contributed by atoms with Crippen LogP contribution < -0.4 is 4.90 Å². The summed E-state index contributed by atoms with van der Waals surface area (Å²) >= 11 is 0. The summed E-state index contributed by atoms with van der Waals surface area (Å²) in [4.78, 5) is 15.8. The third kappa shape index (κ3) is 2.35. The number of amides is 1. The molecule has 3 nitrogen and oxygen atoms in total. The lowest BCUT2D eigenvalue weighted by Gasteiger charge is -2.40. The highest BCUT2D eigenvalue weighted by Gasteiger charge is 2.47. The molecule has 0 aliphatic carbocycles. The fraction of sp³-hybridized carbons (Fsp3) is 0.381. The largest absolute Gasteiger partial charge is 0.381 e. The van der Waals surface area contributed by atoms with Crippen molar-refractivity contribution in [1.82, 2.24) is 0 Å². The van der Waals surface area contributed by atoms with Crippen molar-refractivity contribution < 1.29 is 9.53 Å². The molecular weight excluding hydrogens is 298 g/mol. The van der Waals surface area contributed by atoms with Gasteiger partial charge in [0.2, 0.25) is 5.91 Å². The van der Waals surface area contributed by atoms with Gasteiger partial charge < -0.3 is 9.64 Å². The van der Waals surface area contributed by atoms with Crippen LogP contribution in [0.5, 0.6) is 0 Å². The molecule has 0 radical (unpaired) electrons. The standard InChI is InChI=1S/C21H23NO2/c1-16-15-17-7-5-6-10-19(17)22(16)20(23)21(11-13-24-14-12-21)18-8-3-2-4-9-18/h2-10,16H,11-15H2,1H3/t16-/m0/s1. The minimum atomic E-state index is -0.467. The van der Waals surface area contributed by atoms with Gasteiger partial charge in [-0.05, 0) is 43.4 Å². The first-order chi connectivity index (χ1) is 11.7. The van der Waals surface area contributed by atoms with Crippen molar-refractivity contribution in [3.8, 4) is 0 Å². The zero-order valence-electron chi connectivity index (χ0n) is 14.1. The molecule has 1 amide bonds. The predicted molar refractivity (Wildman–Crippen MR) is 95.3 cm³/mol. The first-order valence-electron chi connectivity index (χ1n) is 8.77. The van der Waals surface area contributed by atoms with Crippen LogP contribution in [-0.2, 0) is 21.4 Å². The lowest BCUT2D eigenvalue weighted by Crippen LogP contribution is -2.51. The number of fused-ring (bicyclic) bond motifs is 1. The van der Waals surface area contributed by atoms with E-state index >= 15 is 0 Å². The maximum atomic E-state index is 13.8. The number of benzene rings is 2. The smallest absolute Gasteiger partial charge is 0.238 e. The van der Waals surface area contributed by atoms with Gasteiger partial charge in [-0.15, -0.1) is 0 Å². The maximum absolute atomic E-state index is 13.8. The number of hydrogen-bond acceptors (Lipinski definition) is 2. The molecule has 2 aliphatic rings. The number of nitrogens with zero attached hydrogens (tertiary/aromatic N) is 1. The third-order valence-corrected chi connectivity index (χ3v) is 5.51. The summed E-state index contributed by atoms with van der Waals surface area (Å²) in [7, 11) is 0. The normalized spacial score (nSPS) is 22.2. The van der Waals surface area contributed by atoms with E-state index in [9.17, 15) is 4.79 Å². The molecule has 0 spiro atoms. The zero-order chi connectivity index (χ0) is 16.6. The Balaban J connectivity index is 1.78. The molecule has 0 aromatic heterocycles. The number of anilines is 1. The van der Waals surface area contributed by atoms with Crippen molar-refractivity contribution in [2.45, 2.75) is 37.6 Å². The van der Waals surface area contributed by atoms with Crippen molar-refractivity contribution >= 4 is 11.6 Å². The van der Waals surface area contributed by atoms with Crippen LogP contribution in [0.25, 0.3) is 0 Å². The van der Waals surface area contributed by atoms with Crippen molar-refractivity contribution in [3.05, 3.63) is 65.7 Å². The van der Waals surface area contributed by atoms with Crippen LogP contribution in [0.3, 0.4) is 0 Å². The van der Waals surface area contributed by atoms with Crippen LogP contribution in [-0.4, -0.2) is 25.2 Å².